The molecule has 382 valence electrons. The fourth-order valence-electron chi connectivity index (χ4n) is 9.99. The molecule has 0 spiro atoms. The maximum Gasteiger partial charge on any atom is 0.164 e. The molecule has 8 nitrogen and oxygen atoms in total. The molecular weight excluding hydrogens is 1000 g/mol. The smallest absolute Gasteiger partial charge is 0.164 e. The number of hydrogen-bond donors (Lipinski definition) is 0. The van der Waals surface area contributed by atoms with Gasteiger partial charge in [0, 0.05) is 33.4 Å². The first-order valence-corrected chi connectivity index (χ1v) is 26.8. The zero-order chi connectivity index (χ0) is 55.2. The summed E-state index contributed by atoms with van der Waals surface area (Å²) in [5.41, 5.74) is 19.7. The molecule has 82 heavy (non-hydrogen) atoms. The van der Waals surface area contributed by atoms with E-state index < -0.39 is 0 Å². The first kappa shape index (κ1) is 50.0. The van der Waals surface area contributed by atoms with Crippen LogP contribution in [-0.4, -0.2) is 29.9 Å². The second-order valence-electron chi connectivity index (χ2n) is 19.8. The van der Waals surface area contributed by atoms with Crippen LogP contribution in [0, 0.1) is 22.7 Å². The molecule has 0 saturated heterocycles. The predicted molar refractivity (Wildman–Crippen MR) is 328 cm³/mol. The van der Waals surface area contributed by atoms with Crippen molar-refractivity contribution in [3.63, 3.8) is 0 Å². The minimum absolute atomic E-state index is 0.581. The van der Waals surface area contributed by atoms with Gasteiger partial charge in [0.05, 0.1) is 23.3 Å². The average molecular weight is 1050 g/mol. The first-order valence-electron chi connectivity index (χ1n) is 26.8. The van der Waals surface area contributed by atoms with Crippen molar-refractivity contribution in [2.45, 2.75) is 0 Å². The lowest BCUT2D eigenvalue weighted by Gasteiger charge is -2.11. The molecule has 0 saturated carbocycles. The Morgan fingerprint density at radius 2 is 0.293 bits per heavy atom. The van der Waals surface area contributed by atoms with E-state index in [0.717, 1.165) is 100 Å². The van der Waals surface area contributed by atoms with Crippen molar-refractivity contribution in [3.05, 3.63) is 290 Å². The van der Waals surface area contributed by atoms with Crippen LogP contribution in [0.5, 0.6) is 0 Å². The topological polar surface area (TPSA) is 125 Å². The maximum atomic E-state index is 9.20. The van der Waals surface area contributed by atoms with E-state index in [1.807, 2.05) is 109 Å². The van der Waals surface area contributed by atoms with Crippen LogP contribution >= 0.6 is 0 Å². The van der Waals surface area contributed by atoms with E-state index >= 15 is 0 Å². The van der Waals surface area contributed by atoms with Gasteiger partial charge in [0.2, 0.25) is 0 Å². The molecule has 0 aliphatic heterocycles. The van der Waals surface area contributed by atoms with E-state index in [1.165, 1.54) is 0 Å². The highest BCUT2D eigenvalue weighted by Crippen LogP contribution is 2.34. The Kier molecular flexibility index (Phi) is 13.7. The molecule has 0 fully saturated rings. The molecule has 13 aromatic rings. The lowest BCUT2D eigenvalue weighted by Crippen LogP contribution is -2.00. The van der Waals surface area contributed by atoms with Gasteiger partial charge >= 0.3 is 0 Å². The summed E-state index contributed by atoms with van der Waals surface area (Å²) in [6.45, 7) is 0. The van der Waals surface area contributed by atoms with Crippen LogP contribution in [0.4, 0.5) is 0 Å². The van der Waals surface area contributed by atoms with Crippen LogP contribution in [0.15, 0.2) is 279 Å². The second-order valence-corrected chi connectivity index (χ2v) is 19.8. The number of benzene rings is 11. The molecule has 13 rings (SSSR count). The molecule has 0 aliphatic rings. The SMILES string of the molecule is N#Cc1ccc(-c2ccc(-c3ccc(-c4ccc(-c5nc(-c6ccccc6)nc(-c6ccc(-c7ccc(-c8nc(-c9ccccc9)nc(-c9ccc(-c%10ccc(-c%11ccc(C#N)cc%11)cc%10)cc9)n8)cc7)cc6)n5)cc4)cc3)cc2)cc1. The van der Waals surface area contributed by atoms with Crippen LogP contribution < -0.4 is 0 Å². The van der Waals surface area contributed by atoms with Crippen molar-refractivity contribution in [2.24, 2.45) is 0 Å². The highest BCUT2D eigenvalue weighted by Gasteiger charge is 2.16. The fraction of sp³-hybridized carbons (Fsp3) is 0. The van der Waals surface area contributed by atoms with Crippen LogP contribution in [0.25, 0.3) is 135 Å². The van der Waals surface area contributed by atoms with Crippen molar-refractivity contribution < 1.29 is 0 Å². The fourth-order valence-corrected chi connectivity index (χ4v) is 9.99. The molecular formula is C74H46N8. The minimum Gasteiger partial charge on any atom is -0.208 e. The summed E-state index contributed by atoms with van der Waals surface area (Å²) < 4.78 is 0. The summed E-state index contributed by atoms with van der Waals surface area (Å²) in [4.78, 5) is 30.1. The van der Waals surface area contributed by atoms with Crippen molar-refractivity contribution in [3.8, 4) is 147 Å². The summed E-state index contributed by atoms with van der Waals surface area (Å²) in [6, 6.07) is 98.7. The van der Waals surface area contributed by atoms with Gasteiger partial charge in [-0.25, -0.2) is 29.9 Å². The number of hydrogen-bond acceptors (Lipinski definition) is 8. The largest absolute Gasteiger partial charge is 0.208 e. The number of nitriles is 2. The van der Waals surface area contributed by atoms with Gasteiger partial charge in [-0.2, -0.15) is 10.5 Å². The molecule has 0 unspecified atom stereocenters. The van der Waals surface area contributed by atoms with Crippen molar-refractivity contribution in [1.29, 1.82) is 10.5 Å². The van der Waals surface area contributed by atoms with Crippen molar-refractivity contribution in [2.75, 3.05) is 0 Å². The van der Waals surface area contributed by atoms with E-state index in [-0.39, 0.29) is 0 Å². The molecule has 11 aromatic carbocycles. The molecule has 2 heterocycles. The third kappa shape index (κ3) is 10.7. The highest BCUT2D eigenvalue weighted by molar-refractivity contribution is 5.78. The summed E-state index contributed by atoms with van der Waals surface area (Å²) in [7, 11) is 0. The average Bonchev–Trinajstić information content (AvgIpc) is 3.75. The van der Waals surface area contributed by atoms with E-state index in [0.29, 0.717) is 46.1 Å². The van der Waals surface area contributed by atoms with Crippen molar-refractivity contribution >= 4 is 0 Å². The van der Waals surface area contributed by atoms with Gasteiger partial charge in [0.15, 0.2) is 34.9 Å². The summed E-state index contributed by atoms with van der Waals surface area (Å²) in [5.74, 6) is 3.54. The quantitative estimate of drug-likeness (QED) is 0.118. The zero-order valence-corrected chi connectivity index (χ0v) is 44.1. The molecule has 0 N–H and O–H groups in total. The van der Waals surface area contributed by atoms with Gasteiger partial charge in [-0.1, -0.05) is 255 Å². The molecule has 2 aromatic heterocycles. The van der Waals surface area contributed by atoms with Crippen LogP contribution in [0.2, 0.25) is 0 Å². The first-order chi connectivity index (χ1) is 40.5. The Bertz CT molecular complexity index is 4460. The van der Waals surface area contributed by atoms with E-state index in [4.69, 9.17) is 29.9 Å². The Hall–Kier alpha value is -11.6. The van der Waals surface area contributed by atoms with Gasteiger partial charge in [0.25, 0.3) is 0 Å². The lowest BCUT2D eigenvalue weighted by atomic mass is 9.97. The van der Waals surface area contributed by atoms with Gasteiger partial charge < -0.3 is 0 Å². The van der Waals surface area contributed by atoms with Gasteiger partial charge in [0.1, 0.15) is 0 Å². The predicted octanol–water partition coefficient (Wildman–Crippen LogP) is 17.8. The van der Waals surface area contributed by atoms with Gasteiger partial charge in [-0.3, -0.25) is 0 Å². The maximum absolute atomic E-state index is 9.20. The summed E-state index contributed by atoms with van der Waals surface area (Å²) in [6.07, 6.45) is 0. The Morgan fingerprint density at radius 1 is 0.159 bits per heavy atom. The number of rotatable bonds is 12. The number of nitrogens with zero attached hydrogens (tertiary/aromatic N) is 8. The molecule has 0 aliphatic carbocycles. The Morgan fingerprint density at radius 3 is 0.451 bits per heavy atom. The van der Waals surface area contributed by atoms with Crippen LogP contribution in [-0.2, 0) is 0 Å². The van der Waals surface area contributed by atoms with Crippen LogP contribution in [0.3, 0.4) is 0 Å². The van der Waals surface area contributed by atoms with E-state index in [2.05, 4.69) is 182 Å². The third-order valence-electron chi connectivity index (χ3n) is 14.6. The summed E-state index contributed by atoms with van der Waals surface area (Å²) in [5, 5.41) is 18.4. The highest BCUT2D eigenvalue weighted by atomic mass is 15.0. The standard InChI is InChI=1S/C74H46N8/c75-47-49-11-15-51(16-12-49)53-19-23-55(24-20-53)56-27-29-58(30-28-56)60-33-41-66(42-34-60)72-78-70(64-9-5-2-6-10-64)80-74(82-72)68-45-37-62(38-46-68)61-35-43-67(44-36-61)73-79-69(63-7-3-1-4-8-63)77-71(81-73)65-39-31-59(32-40-65)57-25-21-54(22-26-57)52-17-13-50(48-76)14-18-52/h1-46H. The minimum atomic E-state index is 0.581. The molecule has 0 amide bonds. The second kappa shape index (κ2) is 22.4. The third-order valence-corrected chi connectivity index (χ3v) is 14.6. The van der Waals surface area contributed by atoms with Gasteiger partial charge in [-0.15, -0.1) is 0 Å². The lowest BCUT2D eigenvalue weighted by molar-refractivity contribution is 1.07. The zero-order valence-electron chi connectivity index (χ0n) is 44.1. The Labute approximate surface area is 475 Å². The van der Waals surface area contributed by atoms with Crippen LogP contribution in [0.1, 0.15) is 11.1 Å². The normalized spacial score (nSPS) is 10.9. The molecule has 0 radical (unpaired) electrons. The molecule has 0 bridgehead atoms. The molecule has 8 heteroatoms. The Balaban J connectivity index is 0.730. The van der Waals surface area contributed by atoms with Gasteiger partial charge in [-0.05, 0) is 91.0 Å². The molecule has 0 atom stereocenters. The van der Waals surface area contributed by atoms with E-state index in [1.54, 1.807) is 0 Å². The monoisotopic (exact) mass is 1050 g/mol. The number of aromatic nitrogens is 6. The summed E-state index contributed by atoms with van der Waals surface area (Å²) >= 11 is 0. The van der Waals surface area contributed by atoms with Crippen molar-refractivity contribution in [1.82, 2.24) is 29.9 Å². The van der Waals surface area contributed by atoms with E-state index in [9.17, 15) is 10.5 Å².